The van der Waals surface area contributed by atoms with Gasteiger partial charge in [-0.2, -0.15) is 0 Å². The van der Waals surface area contributed by atoms with Gasteiger partial charge < -0.3 is 14.8 Å². The summed E-state index contributed by atoms with van der Waals surface area (Å²) in [6.07, 6.45) is 1.08. The van der Waals surface area contributed by atoms with Gasteiger partial charge >= 0.3 is 0 Å². The summed E-state index contributed by atoms with van der Waals surface area (Å²) in [7, 11) is -0.736. The quantitative estimate of drug-likeness (QED) is 0.689. The van der Waals surface area contributed by atoms with Gasteiger partial charge in [0, 0.05) is 12.1 Å². The number of sulfonamides is 1. The van der Waals surface area contributed by atoms with E-state index in [1.165, 1.54) is 14.2 Å². The molecule has 1 N–H and O–H groups in total. The Balaban J connectivity index is 3.27. The number of hydrogen-bond acceptors (Lipinski definition) is 5. The molecular weight excluding hydrogens is 368 g/mol. The van der Waals surface area contributed by atoms with Gasteiger partial charge in [0.2, 0.25) is 15.9 Å². The first-order chi connectivity index (χ1) is 12.4. The number of hydrogen-bond donors (Lipinski definition) is 1. The second-order valence-corrected chi connectivity index (χ2v) is 9.16. The SMILES string of the molecule is COc1ccc(N(C(C)C(=O)NC(C(C)C)C(C)C)S(C)(=O)=O)cc1OC. The van der Waals surface area contributed by atoms with Gasteiger partial charge in [-0.1, -0.05) is 27.7 Å². The molecule has 0 fully saturated rings. The molecule has 1 aromatic rings. The first kappa shape index (κ1) is 23.1. The number of carbonyl (C=O) groups excluding carboxylic acids is 1. The molecule has 1 aromatic carbocycles. The van der Waals surface area contributed by atoms with Gasteiger partial charge in [-0.05, 0) is 30.9 Å². The van der Waals surface area contributed by atoms with Gasteiger partial charge in [0.1, 0.15) is 6.04 Å². The van der Waals surface area contributed by atoms with Crippen LogP contribution in [0.3, 0.4) is 0 Å². The fourth-order valence-electron chi connectivity index (χ4n) is 3.16. The zero-order valence-corrected chi connectivity index (χ0v) is 18.3. The van der Waals surface area contributed by atoms with Crippen LogP contribution in [-0.4, -0.2) is 46.9 Å². The van der Waals surface area contributed by atoms with Crippen molar-refractivity contribution < 1.29 is 22.7 Å². The van der Waals surface area contributed by atoms with Crippen molar-refractivity contribution in [2.75, 3.05) is 24.8 Å². The van der Waals surface area contributed by atoms with Gasteiger partial charge in [0.05, 0.1) is 26.2 Å². The third-order valence-corrected chi connectivity index (χ3v) is 5.70. The lowest BCUT2D eigenvalue weighted by molar-refractivity contribution is -0.123. The Morgan fingerprint density at radius 2 is 1.52 bits per heavy atom. The molecular formula is C19H32N2O5S. The van der Waals surface area contributed by atoms with E-state index in [9.17, 15) is 13.2 Å². The lowest BCUT2D eigenvalue weighted by Gasteiger charge is -2.32. The average Bonchev–Trinajstić information content (AvgIpc) is 2.57. The Morgan fingerprint density at radius 1 is 1.00 bits per heavy atom. The summed E-state index contributed by atoms with van der Waals surface area (Å²) in [6, 6.07) is 3.78. The lowest BCUT2D eigenvalue weighted by Crippen LogP contribution is -2.52. The average molecular weight is 401 g/mol. The van der Waals surface area contributed by atoms with Crippen LogP contribution < -0.4 is 19.1 Å². The van der Waals surface area contributed by atoms with Crippen molar-refractivity contribution in [3.63, 3.8) is 0 Å². The maximum absolute atomic E-state index is 12.8. The third-order valence-electron chi connectivity index (χ3n) is 4.46. The Hall–Kier alpha value is -1.96. The maximum atomic E-state index is 12.8. The highest BCUT2D eigenvalue weighted by Crippen LogP contribution is 2.33. The normalized spacial score (nSPS) is 13.0. The Labute approximate surface area is 163 Å². The van der Waals surface area contributed by atoms with Crippen LogP contribution in [0.4, 0.5) is 5.69 Å². The van der Waals surface area contributed by atoms with Crippen LogP contribution in [-0.2, 0) is 14.8 Å². The number of benzene rings is 1. The zero-order chi connectivity index (χ0) is 20.9. The highest BCUT2D eigenvalue weighted by molar-refractivity contribution is 7.92. The van der Waals surface area contributed by atoms with E-state index >= 15 is 0 Å². The molecule has 0 spiro atoms. The molecule has 154 valence electrons. The van der Waals surface area contributed by atoms with Gasteiger partial charge in [0.25, 0.3) is 0 Å². The van der Waals surface area contributed by atoms with E-state index in [0.717, 1.165) is 10.6 Å². The summed E-state index contributed by atoms with van der Waals surface area (Å²) in [4.78, 5) is 12.8. The molecule has 0 aliphatic carbocycles. The van der Waals surface area contributed by atoms with E-state index in [2.05, 4.69) is 5.32 Å². The van der Waals surface area contributed by atoms with Crippen molar-refractivity contribution in [3.8, 4) is 11.5 Å². The number of rotatable bonds is 9. The summed E-state index contributed by atoms with van der Waals surface area (Å²) in [5, 5.41) is 2.99. The van der Waals surface area contributed by atoms with Crippen LogP contribution in [0.2, 0.25) is 0 Å². The predicted molar refractivity (Wildman–Crippen MR) is 108 cm³/mol. The molecule has 8 heteroatoms. The molecule has 0 aliphatic rings. The molecule has 0 aliphatic heterocycles. The fraction of sp³-hybridized carbons (Fsp3) is 0.632. The topological polar surface area (TPSA) is 84.9 Å². The van der Waals surface area contributed by atoms with Crippen molar-refractivity contribution in [1.82, 2.24) is 5.32 Å². The highest BCUT2D eigenvalue weighted by Gasteiger charge is 2.32. The molecule has 1 amide bonds. The number of ether oxygens (including phenoxy) is 2. The van der Waals surface area contributed by atoms with E-state index in [-0.39, 0.29) is 23.8 Å². The molecule has 1 rings (SSSR count). The van der Waals surface area contributed by atoms with Gasteiger partial charge in [-0.3, -0.25) is 9.10 Å². The van der Waals surface area contributed by atoms with Gasteiger partial charge in [0.15, 0.2) is 11.5 Å². The van der Waals surface area contributed by atoms with Crippen molar-refractivity contribution >= 4 is 21.6 Å². The van der Waals surface area contributed by atoms with E-state index in [1.54, 1.807) is 25.1 Å². The summed E-state index contributed by atoms with van der Waals surface area (Å²) in [5.74, 6) is 0.982. The number of amides is 1. The number of methoxy groups -OCH3 is 2. The standard InChI is InChI=1S/C19H32N2O5S/c1-12(2)18(13(3)4)20-19(22)14(5)21(27(8,23)24)15-9-10-16(25-6)17(11-15)26-7/h9-14,18H,1-8H3,(H,20,22). The monoisotopic (exact) mass is 400 g/mol. The van der Waals surface area contributed by atoms with Crippen LogP contribution in [0.5, 0.6) is 11.5 Å². The van der Waals surface area contributed by atoms with Crippen LogP contribution >= 0.6 is 0 Å². The number of anilines is 1. The Kier molecular flexibility index (Phi) is 7.95. The lowest BCUT2D eigenvalue weighted by atomic mass is 9.93. The second kappa shape index (κ2) is 9.30. The van der Waals surface area contributed by atoms with E-state index < -0.39 is 16.1 Å². The molecule has 1 atom stereocenters. The zero-order valence-electron chi connectivity index (χ0n) is 17.4. The van der Waals surface area contributed by atoms with Crippen LogP contribution in [0.25, 0.3) is 0 Å². The fourth-order valence-corrected chi connectivity index (χ4v) is 4.33. The van der Waals surface area contributed by atoms with Crippen LogP contribution in [0.15, 0.2) is 18.2 Å². The van der Waals surface area contributed by atoms with E-state index in [0.29, 0.717) is 17.2 Å². The van der Waals surface area contributed by atoms with Crippen LogP contribution in [0, 0.1) is 11.8 Å². The molecule has 0 saturated heterocycles. The van der Waals surface area contributed by atoms with Gasteiger partial charge in [-0.25, -0.2) is 8.42 Å². The maximum Gasteiger partial charge on any atom is 0.243 e. The Bertz CT molecular complexity index is 738. The molecule has 1 unspecified atom stereocenters. The first-order valence-corrected chi connectivity index (χ1v) is 10.8. The number of carbonyl (C=O) groups is 1. The van der Waals surface area contributed by atoms with E-state index in [1.807, 2.05) is 27.7 Å². The van der Waals surface area contributed by atoms with Crippen molar-refractivity contribution in [2.24, 2.45) is 11.8 Å². The molecule has 27 heavy (non-hydrogen) atoms. The van der Waals surface area contributed by atoms with Crippen molar-refractivity contribution in [2.45, 2.75) is 46.7 Å². The minimum absolute atomic E-state index is 0.0493. The minimum atomic E-state index is -3.71. The minimum Gasteiger partial charge on any atom is -0.493 e. The molecule has 0 bridgehead atoms. The molecule has 0 saturated carbocycles. The second-order valence-electron chi connectivity index (χ2n) is 7.30. The summed E-state index contributed by atoms with van der Waals surface area (Å²) in [6.45, 7) is 9.68. The van der Waals surface area contributed by atoms with Crippen molar-refractivity contribution in [1.29, 1.82) is 0 Å². The van der Waals surface area contributed by atoms with Crippen molar-refractivity contribution in [3.05, 3.63) is 18.2 Å². The Morgan fingerprint density at radius 3 is 1.93 bits per heavy atom. The number of nitrogens with zero attached hydrogens (tertiary/aromatic N) is 1. The van der Waals surface area contributed by atoms with Crippen LogP contribution in [0.1, 0.15) is 34.6 Å². The largest absolute Gasteiger partial charge is 0.493 e. The summed E-state index contributed by atoms with van der Waals surface area (Å²) >= 11 is 0. The predicted octanol–water partition coefficient (Wildman–Crippen LogP) is 2.66. The molecule has 0 radical (unpaired) electrons. The molecule has 0 heterocycles. The first-order valence-electron chi connectivity index (χ1n) is 8.95. The summed E-state index contributed by atoms with van der Waals surface area (Å²) < 4.78 is 36.5. The molecule has 0 aromatic heterocycles. The molecule has 7 nitrogen and oxygen atoms in total. The van der Waals surface area contributed by atoms with Gasteiger partial charge in [-0.15, -0.1) is 0 Å². The third kappa shape index (κ3) is 5.76. The van der Waals surface area contributed by atoms with E-state index in [4.69, 9.17) is 9.47 Å². The smallest absolute Gasteiger partial charge is 0.243 e. The summed E-state index contributed by atoms with van der Waals surface area (Å²) in [5.41, 5.74) is 0.337. The highest BCUT2D eigenvalue weighted by atomic mass is 32.2. The number of nitrogens with one attached hydrogen (secondary N) is 1.